The Morgan fingerprint density at radius 3 is 2.69 bits per heavy atom. The molecule has 4 rings (SSSR count). The second kappa shape index (κ2) is 8.16. The van der Waals surface area contributed by atoms with E-state index in [-0.39, 0.29) is 5.91 Å². The zero-order valence-electron chi connectivity index (χ0n) is 16.3. The van der Waals surface area contributed by atoms with Crippen LogP contribution in [0.2, 0.25) is 0 Å². The van der Waals surface area contributed by atoms with Crippen molar-refractivity contribution in [3.63, 3.8) is 0 Å². The Balaban J connectivity index is 1.72. The Hall–Kier alpha value is -3.64. The highest BCUT2D eigenvalue weighted by atomic mass is 16.1. The summed E-state index contributed by atoms with van der Waals surface area (Å²) >= 11 is 0. The number of hydrogen-bond acceptors (Lipinski definition) is 5. The number of benzene rings is 2. The Labute approximate surface area is 169 Å². The van der Waals surface area contributed by atoms with Gasteiger partial charge in [0, 0.05) is 29.9 Å². The van der Waals surface area contributed by atoms with Crippen LogP contribution < -0.4 is 5.32 Å². The number of rotatable bonds is 5. The molecule has 0 aliphatic carbocycles. The summed E-state index contributed by atoms with van der Waals surface area (Å²) in [6.45, 7) is 0.859. The van der Waals surface area contributed by atoms with Crippen molar-refractivity contribution < 1.29 is 4.79 Å². The fraction of sp³-hybridized carbons (Fsp3) is 0.130. The normalized spacial score (nSPS) is 11.0. The van der Waals surface area contributed by atoms with Gasteiger partial charge in [-0.1, -0.05) is 42.5 Å². The molecule has 0 unspecified atom stereocenters. The Morgan fingerprint density at radius 2 is 1.90 bits per heavy atom. The van der Waals surface area contributed by atoms with E-state index in [1.54, 1.807) is 12.3 Å². The van der Waals surface area contributed by atoms with Gasteiger partial charge in [0.1, 0.15) is 5.69 Å². The monoisotopic (exact) mass is 383 g/mol. The van der Waals surface area contributed by atoms with Crippen molar-refractivity contribution in [3.8, 4) is 11.1 Å². The third kappa shape index (κ3) is 4.28. The Bertz CT molecular complexity index is 1160. The van der Waals surface area contributed by atoms with Crippen molar-refractivity contribution in [2.24, 2.45) is 0 Å². The van der Waals surface area contributed by atoms with Crippen molar-refractivity contribution in [3.05, 3.63) is 84.4 Å². The molecule has 4 aromatic rings. The van der Waals surface area contributed by atoms with E-state index >= 15 is 0 Å². The van der Waals surface area contributed by atoms with Crippen LogP contribution in [0, 0.1) is 0 Å². The van der Waals surface area contributed by atoms with Crippen LogP contribution in [0.1, 0.15) is 16.1 Å². The number of aromatic nitrogens is 3. The fourth-order valence-electron chi connectivity index (χ4n) is 3.25. The summed E-state index contributed by atoms with van der Waals surface area (Å²) in [6.07, 6.45) is 4.59. The van der Waals surface area contributed by atoms with Crippen LogP contribution in [-0.2, 0) is 6.54 Å². The molecule has 29 heavy (non-hydrogen) atoms. The molecule has 2 aromatic heterocycles. The molecule has 0 bridgehead atoms. The highest BCUT2D eigenvalue weighted by Gasteiger charge is 2.12. The Morgan fingerprint density at radius 1 is 1.03 bits per heavy atom. The van der Waals surface area contributed by atoms with Crippen molar-refractivity contribution >= 4 is 22.6 Å². The minimum absolute atomic E-state index is 0.316. The molecule has 0 saturated carbocycles. The van der Waals surface area contributed by atoms with Gasteiger partial charge in [-0.05, 0) is 37.4 Å². The number of anilines is 1. The molecule has 0 fully saturated rings. The van der Waals surface area contributed by atoms with Crippen LogP contribution in [0.4, 0.5) is 5.82 Å². The van der Waals surface area contributed by atoms with Crippen LogP contribution in [-0.4, -0.2) is 39.9 Å². The molecule has 0 atom stereocenters. The molecule has 6 nitrogen and oxygen atoms in total. The van der Waals surface area contributed by atoms with E-state index in [9.17, 15) is 4.79 Å². The number of amides is 1. The molecule has 0 radical (unpaired) electrons. The lowest BCUT2D eigenvalue weighted by molar-refractivity contribution is 0.102. The molecule has 0 aliphatic heterocycles. The van der Waals surface area contributed by atoms with Crippen LogP contribution in [0.15, 0.2) is 73.2 Å². The minimum Gasteiger partial charge on any atom is -0.305 e. The molecule has 2 aromatic carbocycles. The third-order valence-corrected chi connectivity index (χ3v) is 4.49. The SMILES string of the molecule is CN(C)Cc1cccc(-c2cccc3ccc(C(=O)Nc4cnccn4)nc23)c1. The van der Waals surface area contributed by atoms with Crippen molar-refractivity contribution in [2.45, 2.75) is 6.54 Å². The first-order valence-electron chi connectivity index (χ1n) is 9.31. The number of para-hydroxylation sites is 1. The van der Waals surface area contributed by atoms with Gasteiger partial charge in [0.05, 0.1) is 11.7 Å². The summed E-state index contributed by atoms with van der Waals surface area (Å²) in [5.74, 6) is 0.0765. The molecule has 144 valence electrons. The summed E-state index contributed by atoms with van der Waals surface area (Å²) in [7, 11) is 4.10. The highest BCUT2D eigenvalue weighted by molar-refractivity contribution is 6.04. The molecular formula is C23H21N5O. The van der Waals surface area contributed by atoms with Gasteiger partial charge in [0.25, 0.3) is 5.91 Å². The quantitative estimate of drug-likeness (QED) is 0.564. The summed E-state index contributed by atoms with van der Waals surface area (Å²) in [5, 5.41) is 3.72. The number of nitrogens with zero attached hydrogens (tertiary/aromatic N) is 4. The molecule has 0 saturated heterocycles. The maximum atomic E-state index is 12.6. The third-order valence-electron chi connectivity index (χ3n) is 4.49. The largest absolute Gasteiger partial charge is 0.305 e. The standard InChI is InChI=1S/C23H21N5O/c1-28(2)15-16-5-3-7-18(13-16)19-8-4-6-17-9-10-20(26-22(17)19)23(29)27-21-14-24-11-12-25-21/h3-14H,15H2,1-2H3,(H,25,27,29). The molecule has 6 heteroatoms. The number of carbonyl (C=O) groups is 1. The predicted octanol–water partition coefficient (Wildman–Crippen LogP) is 4.01. The van der Waals surface area contributed by atoms with Gasteiger partial charge >= 0.3 is 0 Å². The first kappa shape index (κ1) is 18.7. The lowest BCUT2D eigenvalue weighted by Crippen LogP contribution is -2.14. The van der Waals surface area contributed by atoms with Gasteiger partial charge in [0.15, 0.2) is 5.82 Å². The minimum atomic E-state index is -0.316. The maximum absolute atomic E-state index is 12.6. The van der Waals surface area contributed by atoms with Gasteiger partial charge < -0.3 is 10.2 Å². The molecule has 1 amide bonds. The highest BCUT2D eigenvalue weighted by Crippen LogP contribution is 2.28. The lowest BCUT2D eigenvalue weighted by Gasteiger charge is -2.12. The van der Waals surface area contributed by atoms with E-state index in [4.69, 9.17) is 0 Å². The number of fused-ring (bicyclic) bond motifs is 1. The van der Waals surface area contributed by atoms with Crippen molar-refractivity contribution in [1.29, 1.82) is 0 Å². The zero-order chi connectivity index (χ0) is 20.2. The second-order valence-corrected chi connectivity index (χ2v) is 7.06. The van der Waals surface area contributed by atoms with Gasteiger partial charge in [-0.3, -0.25) is 9.78 Å². The molecule has 1 N–H and O–H groups in total. The topological polar surface area (TPSA) is 71.0 Å². The zero-order valence-corrected chi connectivity index (χ0v) is 16.3. The van der Waals surface area contributed by atoms with E-state index < -0.39 is 0 Å². The average Bonchev–Trinajstić information content (AvgIpc) is 2.73. The van der Waals surface area contributed by atoms with Crippen LogP contribution in [0.5, 0.6) is 0 Å². The second-order valence-electron chi connectivity index (χ2n) is 7.06. The van der Waals surface area contributed by atoms with Crippen LogP contribution in [0.3, 0.4) is 0 Å². The summed E-state index contributed by atoms with van der Waals surface area (Å²) in [5.41, 5.74) is 4.42. The summed E-state index contributed by atoms with van der Waals surface area (Å²) < 4.78 is 0. The number of nitrogens with one attached hydrogen (secondary N) is 1. The molecular weight excluding hydrogens is 362 g/mol. The van der Waals surface area contributed by atoms with Crippen LogP contribution >= 0.6 is 0 Å². The molecule has 0 aliphatic rings. The average molecular weight is 383 g/mol. The Kier molecular flexibility index (Phi) is 5.27. The summed E-state index contributed by atoms with van der Waals surface area (Å²) in [4.78, 5) is 27.5. The number of carbonyl (C=O) groups excluding carboxylic acids is 1. The molecule has 2 heterocycles. The maximum Gasteiger partial charge on any atom is 0.275 e. The van der Waals surface area contributed by atoms with E-state index in [1.807, 2.05) is 38.4 Å². The smallest absolute Gasteiger partial charge is 0.275 e. The van der Waals surface area contributed by atoms with E-state index in [0.29, 0.717) is 11.5 Å². The van der Waals surface area contributed by atoms with E-state index in [2.05, 4.69) is 49.4 Å². The predicted molar refractivity (Wildman–Crippen MR) is 115 cm³/mol. The number of pyridine rings is 1. The summed E-state index contributed by atoms with van der Waals surface area (Å²) in [6, 6.07) is 18.1. The van der Waals surface area contributed by atoms with Crippen molar-refractivity contribution in [1.82, 2.24) is 19.9 Å². The van der Waals surface area contributed by atoms with Gasteiger partial charge in [0.2, 0.25) is 0 Å². The van der Waals surface area contributed by atoms with E-state index in [1.165, 1.54) is 18.0 Å². The van der Waals surface area contributed by atoms with Crippen LogP contribution in [0.25, 0.3) is 22.0 Å². The van der Waals surface area contributed by atoms with E-state index in [0.717, 1.165) is 28.6 Å². The molecule has 0 spiro atoms. The van der Waals surface area contributed by atoms with Crippen molar-refractivity contribution in [2.75, 3.05) is 19.4 Å². The lowest BCUT2D eigenvalue weighted by atomic mass is 9.99. The number of hydrogen-bond donors (Lipinski definition) is 1. The first-order valence-corrected chi connectivity index (χ1v) is 9.31. The first-order chi connectivity index (χ1) is 14.1. The van der Waals surface area contributed by atoms with Gasteiger partial charge in [-0.15, -0.1) is 0 Å². The fourth-order valence-corrected chi connectivity index (χ4v) is 3.25. The van der Waals surface area contributed by atoms with Gasteiger partial charge in [-0.2, -0.15) is 0 Å². The van der Waals surface area contributed by atoms with Gasteiger partial charge in [-0.25, -0.2) is 9.97 Å².